The molecule has 0 unspecified atom stereocenters. The number of pyridine rings is 1. The van der Waals surface area contributed by atoms with Crippen LogP contribution in [0.4, 0.5) is 0 Å². The Morgan fingerprint density at radius 2 is 1.13 bits per heavy atom. The van der Waals surface area contributed by atoms with E-state index < -0.39 is 0 Å². The van der Waals surface area contributed by atoms with Gasteiger partial charge in [-0.15, -0.1) is 29.7 Å². The molecule has 0 amide bonds. The van der Waals surface area contributed by atoms with Crippen LogP contribution < -0.4 is 9.30 Å². The van der Waals surface area contributed by atoms with E-state index in [9.17, 15) is 0 Å². The van der Waals surface area contributed by atoms with Gasteiger partial charge in [0.1, 0.15) is 17.0 Å². The first-order valence-electron chi connectivity index (χ1n) is 20.2. The Kier molecular flexibility index (Phi) is 8.27. The SMILES string of the molecule is [Pt].[c-]1c(Oc2[c-]c3c(cc2)c2ccccc2n3-c2nccc3oc4ccccc4c23)cccc1-n1[c-][n+](-c2ccccc2-n2c3ccccc3c3ccccc32)c2ccccc21. The summed E-state index contributed by atoms with van der Waals surface area (Å²) in [6.45, 7) is 0. The standard InChI is InChI=1S/C54H31N5O2.Pt/c1-5-20-43-38(16-1)39-17-2-6-21-44(39)58(43)49-26-11-10-25-48(49)57-34-56(46-23-8-9-24-47(46)57)35-14-13-15-36(32-35)60-37-28-29-41-40-18-3-7-22-45(40)59(50(41)33-37)54-53-42-19-4-12-27-51(42)61-52(53)30-31-55-54;/h1-31H;/q-2;. The molecule has 0 saturated carbocycles. The Morgan fingerprint density at radius 3 is 1.92 bits per heavy atom. The molecule has 0 aliphatic heterocycles. The molecule has 62 heavy (non-hydrogen) atoms. The molecule has 0 N–H and O–H groups in total. The topological polar surface area (TPSA) is 53.9 Å². The average Bonchev–Trinajstić information content (AvgIpc) is 4.07. The summed E-state index contributed by atoms with van der Waals surface area (Å²) in [6, 6.07) is 69.7. The number of ether oxygens (including phenoxy) is 1. The predicted octanol–water partition coefficient (Wildman–Crippen LogP) is 12.6. The zero-order chi connectivity index (χ0) is 40.0. The van der Waals surface area contributed by atoms with Crippen LogP contribution in [0.2, 0.25) is 0 Å². The molecular formula is C54H31N5O2Pt-2. The summed E-state index contributed by atoms with van der Waals surface area (Å²) in [5.74, 6) is 1.89. The van der Waals surface area contributed by atoms with E-state index in [-0.39, 0.29) is 21.1 Å². The van der Waals surface area contributed by atoms with E-state index in [0.29, 0.717) is 11.5 Å². The Labute approximate surface area is 369 Å². The Balaban J connectivity index is 0.00000410. The van der Waals surface area contributed by atoms with E-state index in [2.05, 4.69) is 170 Å². The second-order valence-electron chi connectivity index (χ2n) is 15.2. The first-order chi connectivity index (χ1) is 30.3. The first-order valence-corrected chi connectivity index (χ1v) is 20.2. The van der Waals surface area contributed by atoms with Gasteiger partial charge in [0.15, 0.2) is 0 Å². The van der Waals surface area contributed by atoms with Crippen LogP contribution in [0.5, 0.6) is 11.5 Å². The summed E-state index contributed by atoms with van der Waals surface area (Å²) in [7, 11) is 0. The molecule has 8 aromatic carbocycles. The first kappa shape index (κ1) is 36.1. The third kappa shape index (κ3) is 5.42. The van der Waals surface area contributed by atoms with Gasteiger partial charge in [-0.05, 0) is 53.5 Å². The quantitative estimate of drug-likeness (QED) is 0.123. The second kappa shape index (κ2) is 14.2. The van der Waals surface area contributed by atoms with Crippen molar-refractivity contribution in [3.05, 3.63) is 207 Å². The maximum Gasteiger partial charge on any atom is 0.268 e. The molecule has 0 aliphatic carbocycles. The summed E-state index contributed by atoms with van der Waals surface area (Å²) in [5, 5.41) is 6.54. The molecule has 13 aromatic rings. The van der Waals surface area contributed by atoms with Crippen LogP contribution in [-0.4, -0.2) is 18.7 Å². The molecule has 7 nitrogen and oxygen atoms in total. The minimum atomic E-state index is 0. The summed E-state index contributed by atoms with van der Waals surface area (Å²) >= 11 is 0. The van der Waals surface area contributed by atoms with Crippen molar-refractivity contribution in [2.45, 2.75) is 0 Å². The normalized spacial score (nSPS) is 11.7. The number of para-hydroxylation sites is 8. The van der Waals surface area contributed by atoms with Gasteiger partial charge in [0.25, 0.3) is 6.33 Å². The zero-order valence-electron chi connectivity index (χ0n) is 32.8. The number of hydrogen-bond acceptors (Lipinski definition) is 3. The van der Waals surface area contributed by atoms with Crippen LogP contribution in [0.15, 0.2) is 193 Å². The fourth-order valence-corrected chi connectivity index (χ4v) is 9.16. The van der Waals surface area contributed by atoms with Crippen molar-refractivity contribution in [2.24, 2.45) is 0 Å². The smallest absolute Gasteiger partial charge is 0.268 e. The zero-order valence-corrected chi connectivity index (χ0v) is 35.0. The van der Waals surface area contributed by atoms with Crippen LogP contribution in [0.3, 0.4) is 0 Å². The molecule has 0 saturated heterocycles. The van der Waals surface area contributed by atoms with E-state index in [1.807, 2.05) is 48.5 Å². The van der Waals surface area contributed by atoms with Gasteiger partial charge in [0.05, 0.1) is 38.8 Å². The summed E-state index contributed by atoms with van der Waals surface area (Å²) in [5.41, 5.74) is 10.6. The van der Waals surface area contributed by atoms with Gasteiger partial charge in [-0.3, -0.25) is 4.57 Å². The van der Waals surface area contributed by atoms with Crippen LogP contribution in [0.1, 0.15) is 0 Å². The van der Waals surface area contributed by atoms with Gasteiger partial charge < -0.3 is 22.9 Å². The van der Waals surface area contributed by atoms with E-state index in [4.69, 9.17) is 14.1 Å². The van der Waals surface area contributed by atoms with Crippen LogP contribution in [-0.2, 0) is 21.1 Å². The summed E-state index contributed by atoms with van der Waals surface area (Å²) < 4.78 is 21.6. The number of fused-ring (bicyclic) bond motifs is 10. The molecule has 0 atom stereocenters. The molecule has 8 heteroatoms. The van der Waals surface area contributed by atoms with E-state index in [1.165, 1.54) is 10.8 Å². The van der Waals surface area contributed by atoms with Gasteiger partial charge in [0, 0.05) is 60.4 Å². The van der Waals surface area contributed by atoms with E-state index in [0.717, 1.165) is 88.7 Å². The molecule has 0 fully saturated rings. The predicted molar refractivity (Wildman–Crippen MR) is 242 cm³/mol. The van der Waals surface area contributed by atoms with Crippen LogP contribution in [0.25, 0.3) is 99.5 Å². The molecular weight excluding hydrogens is 946 g/mol. The number of rotatable bonds is 6. The van der Waals surface area contributed by atoms with Crippen molar-refractivity contribution in [1.82, 2.24) is 18.7 Å². The fraction of sp³-hybridized carbons (Fsp3) is 0. The summed E-state index contributed by atoms with van der Waals surface area (Å²) in [4.78, 5) is 4.95. The van der Waals surface area contributed by atoms with Crippen molar-refractivity contribution < 1.29 is 34.8 Å². The van der Waals surface area contributed by atoms with Crippen LogP contribution >= 0.6 is 0 Å². The monoisotopic (exact) mass is 976 g/mol. The van der Waals surface area contributed by atoms with Gasteiger partial charge in [-0.1, -0.05) is 115 Å². The molecule has 0 spiro atoms. The average molecular weight is 977 g/mol. The van der Waals surface area contributed by atoms with Crippen LogP contribution in [0, 0.1) is 18.5 Å². The molecule has 296 valence electrons. The van der Waals surface area contributed by atoms with Crippen molar-refractivity contribution in [3.63, 3.8) is 0 Å². The number of nitrogens with zero attached hydrogens (tertiary/aromatic N) is 5. The van der Waals surface area contributed by atoms with E-state index >= 15 is 0 Å². The van der Waals surface area contributed by atoms with Crippen molar-refractivity contribution in [2.75, 3.05) is 0 Å². The number of benzene rings is 8. The molecule has 5 heterocycles. The fourth-order valence-electron chi connectivity index (χ4n) is 9.16. The minimum absolute atomic E-state index is 0. The molecule has 13 rings (SSSR count). The van der Waals surface area contributed by atoms with E-state index in [1.54, 1.807) is 6.20 Å². The number of furan rings is 1. The Hall–Kier alpha value is -7.73. The van der Waals surface area contributed by atoms with Crippen molar-refractivity contribution in [3.8, 4) is 34.4 Å². The minimum Gasteiger partial charge on any atom is -0.510 e. The third-order valence-electron chi connectivity index (χ3n) is 11.8. The number of aromatic nitrogens is 5. The Morgan fingerprint density at radius 1 is 0.500 bits per heavy atom. The maximum atomic E-state index is 6.63. The van der Waals surface area contributed by atoms with Gasteiger partial charge in [0.2, 0.25) is 0 Å². The molecule has 0 radical (unpaired) electrons. The summed E-state index contributed by atoms with van der Waals surface area (Å²) in [6.07, 6.45) is 5.51. The molecule has 0 aliphatic rings. The molecule has 0 bridgehead atoms. The van der Waals surface area contributed by atoms with Crippen molar-refractivity contribution >= 4 is 76.6 Å². The van der Waals surface area contributed by atoms with Gasteiger partial charge in [-0.2, -0.15) is 18.2 Å². The Bertz CT molecular complexity index is 3840. The largest absolute Gasteiger partial charge is 0.510 e. The third-order valence-corrected chi connectivity index (χ3v) is 11.8. The van der Waals surface area contributed by atoms with Gasteiger partial charge >= 0.3 is 0 Å². The maximum absolute atomic E-state index is 6.63. The number of imidazole rings is 1. The second-order valence-corrected chi connectivity index (χ2v) is 15.2. The van der Waals surface area contributed by atoms with Crippen molar-refractivity contribution in [1.29, 1.82) is 0 Å². The van der Waals surface area contributed by atoms with Gasteiger partial charge in [-0.25, -0.2) is 4.98 Å². The number of hydrogen-bond donors (Lipinski definition) is 0. The molecule has 5 aromatic heterocycles.